The Hall–Kier alpha value is -2.74. The molecule has 0 atom stereocenters. The van der Waals surface area contributed by atoms with Crippen LogP contribution in [-0.2, 0) is 10.0 Å². The fourth-order valence-electron chi connectivity index (χ4n) is 2.44. The van der Waals surface area contributed by atoms with Crippen LogP contribution in [0.4, 0.5) is 16.4 Å². The van der Waals surface area contributed by atoms with Gasteiger partial charge in [0.15, 0.2) is 17.5 Å². The zero-order chi connectivity index (χ0) is 20.6. The van der Waals surface area contributed by atoms with Crippen LogP contribution in [0.5, 0.6) is 0 Å². The van der Waals surface area contributed by atoms with Gasteiger partial charge in [-0.2, -0.15) is 5.10 Å². The first-order valence-electron chi connectivity index (χ1n) is 8.27. The molecule has 3 aromatic heterocycles. The van der Waals surface area contributed by atoms with Gasteiger partial charge in [0, 0.05) is 17.7 Å². The van der Waals surface area contributed by atoms with Gasteiger partial charge < -0.3 is 10.4 Å². The van der Waals surface area contributed by atoms with Crippen molar-refractivity contribution in [2.24, 2.45) is 0 Å². The van der Waals surface area contributed by atoms with Crippen LogP contribution in [-0.4, -0.2) is 39.8 Å². The van der Waals surface area contributed by atoms with Crippen LogP contribution in [0.15, 0.2) is 28.6 Å². The molecule has 0 saturated heterocycles. The molecule has 14 heteroatoms. The summed E-state index contributed by atoms with van der Waals surface area (Å²) in [6.45, 7) is 0. The molecule has 5 N–H and O–H groups in total. The number of halogens is 1. The monoisotopic (exact) mass is 455 g/mol. The minimum Gasteiger partial charge on any atom is -0.464 e. The number of thiophene rings is 1. The van der Waals surface area contributed by atoms with Crippen LogP contribution in [0.25, 0.3) is 10.7 Å². The minimum absolute atomic E-state index is 0.101. The second-order valence-corrected chi connectivity index (χ2v) is 9.55. The topological polar surface area (TPSA) is 162 Å². The maximum absolute atomic E-state index is 12.1. The average molecular weight is 456 g/mol. The maximum atomic E-state index is 12.1. The van der Waals surface area contributed by atoms with E-state index < -0.39 is 16.1 Å². The second-order valence-electron chi connectivity index (χ2n) is 6.15. The summed E-state index contributed by atoms with van der Waals surface area (Å²) in [5.41, 5.74) is 2.66. The predicted molar refractivity (Wildman–Crippen MR) is 106 cm³/mol. The molecule has 3 heterocycles. The molecule has 0 aromatic carbocycles. The number of nitrogens with zero attached hydrogens (tertiary/aromatic N) is 3. The summed E-state index contributed by atoms with van der Waals surface area (Å²) >= 11 is 7.05. The molecule has 0 aliphatic heterocycles. The molecule has 11 nitrogen and oxygen atoms in total. The van der Waals surface area contributed by atoms with E-state index in [9.17, 15) is 13.2 Å². The van der Waals surface area contributed by atoms with E-state index in [0.29, 0.717) is 22.4 Å². The first-order valence-corrected chi connectivity index (χ1v) is 11.0. The lowest BCUT2D eigenvalue weighted by Crippen LogP contribution is -2.40. The van der Waals surface area contributed by atoms with Crippen LogP contribution >= 0.6 is 22.9 Å². The van der Waals surface area contributed by atoms with Gasteiger partial charge in [0.1, 0.15) is 9.23 Å². The highest BCUT2D eigenvalue weighted by Gasteiger charge is 2.25. The van der Waals surface area contributed by atoms with Gasteiger partial charge in [-0.25, -0.2) is 28.6 Å². The largest absolute Gasteiger partial charge is 0.464 e. The molecule has 3 aromatic rings. The Bertz CT molecular complexity index is 1170. The van der Waals surface area contributed by atoms with Gasteiger partial charge in [0.05, 0.1) is 11.1 Å². The quantitative estimate of drug-likeness (QED) is 0.339. The Morgan fingerprint density at radius 1 is 1.34 bits per heavy atom. The Morgan fingerprint density at radius 3 is 2.86 bits per heavy atom. The summed E-state index contributed by atoms with van der Waals surface area (Å²) in [6, 6.07) is 4.74. The van der Waals surface area contributed by atoms with Gasteiger partial charge >= 0.3 is 6.09 Å². The highest BCUT2D eigenvalue weighted by atomic mass is 35.5. The highest BCUT2D eigenvalue weighted by molar-refractivity contribution is 7.91. The van der Waals surface area contributed by atoms with Gasteiger partial charge in [0.25, 0.3) is 10.0 Å². The lowest BCUT2D eigenvalue weighted by Gasteiger charge is -2.06. The molecular weight excluding hydrogens is 442 g/mol. The number of H-pyrrole nitrogens is 1. The SMILES string of the molecule is O=C(O)NNS(=O)(=O)c1ccc(-c2ncc(Cl)c(Nc3cc(C4CC4)[nH]n3)n2)s1. The minimum atomic E-state index is -4.04. The predicted octanol–water partition coefficient (Wildman–Crippen LogP) is 2.66. The molecule has 1 fully saturated rings. The molecule has 1 saturated carbocycles. The highest BCUT2D eigenvalue weighted by Crippen LogP contribution is 2.40. The molecule has 29 heavy (non-hydrogen) atoms. The molecule has 1 aliphatic carbocycles. The Balaban J connectivity index is 1.55. The molecule has 0 unspecified atom stereocenters. The molecule has 0 radical (unpaired) electrons. The Kier molecular flexibility index (Phi) is 5.12. The summed E-state index contributed by atoms with van der Waals surface area (Å²) in [6.07, 6.45) is 2.16. The van der Waals surface area contributed by atoms with Gasteiger partial charge in [-0.15, -0.1) is 16.2 Å². The Labute approximate surface area is 173 Å². The van der Waals surface area contributed by atoms with E-state index in [-0.39, 0.29) is 15.1 Å². The number of sulfonamides is 1. The summed E-state index contributed by atoms with van der Waals surface area (Å²) in [7, 11) is -4.04. The summed E-state index contributed by atoms with van der Waals surface area (Å²) in [5, 5.41) is 19.0. The van der Waals surface area contributed by atoms with Gasteiger partial charge in [-0.1, -0.05) is 11.6 Å². The smallest absolute Gasteiger partial charge is 0.420 e. The number of aromatic amines is 1. The fourth-order valence-corrected chi connectivity index (χ4v) is 4.66. The van der Waals surface area contributed by atoms with Crippen LogP contribution in [0.3, 0.4) is 0 Å². The number of anilines is 2. The van der Waals surface area contributed by atoms with Crippen molar-refractivity contribution in [2.45, 2.75) is 23.0 Å². The number of hydrazine groups is 1. The Morgan fingerprint density at radius 2 is 2.14 bits per heavy atom. The van der Waals surface area contributed by atoms with E-state index >= 15 is 0 Å². The molecule has 4 rings (SSSR count). The van der Waals surface area contributed by atoms with E-state index in [1.54, 1.807) is 10.3 Å². The van der Waals surface area contributed by atoms with Crippen LogP contribution in [0.1, 0.15) is 24.5 Å². The maximum Gasteiger partial charge on any atom is 0.420 e. The average Bonchev–Trinajstić information content (AvgIpc) is 3.21. The number of aromatic nitrogens is 4. The molecule has 152 valence electrons. The summed E-state index contributed by atoms with van der Waals surface area (Å²) in [5.74, 6) is 1.67. The molecule has 1 aliphatic rings. The lowest BCUT2D eigenvalue weighted by molar-refractivity contribution is 0.192. The molecule has 0 spiro atoms. The lowest BCUT2D eigenvalue weighted by atomic mass is 10.3. The van der Waals surface area contributed by atoms with Crippen LogP contribution in [0, 0.1) is 0 Å². The third-order valence-corrected chi connectivity index (χ3v) is 7.06. The summed E-state index contributed by atoms with van der Waals surface area (Å²) in [4.78, 5) is 21.2. The summed E-state index contributed by atoms with van der Waals surface area (Å²) < 4.78 is 24.1. The van der Waals surface area contributed by atoms with Crippen molar-refractivity contribution in [3.63, 3.8) is 0 Å². The van der Waals surface area contributed by atoms with Crippen molar-refractivity contribution < 1.29 is 18.3 Å². The number of carboxylic acid groups (broad SMARTS) is 1. The third kappa shape index (κ3) is 4.48. The van der Waals surface area contributed by atoms with E-state index in [2.05, 4.69) is 25.5 Å². The number of amides is 1. The number of carbonyl (C=O) groups is 1. The molecule has 1 amide bonds. The van der Waals surface area contributed by atoms with E-state index in [4.69, 9.17) is 16.7 Å². The van der Waals surface area contributed by atoms with Crippen molar-refractivity contribution in [1.29, 1.82) is 0 Å². The van der Waals surface area contributed by atoms with Gasteiger partial charge in [-0.05, 0) is 25.0 Å². The van der Waals surface area contributed by atoms with Crippen molar-refractivity contribution in [2.75, 3.05) is 5.32 Å². The van der Waals surface area contributed by atoms with Crippen LogP contribution < -0.4 is 15.6 Å². The number of rotatable bonds is 7. The normalized spacial score (nSPS) is 14.0. The first kappa shape index (κ1) is 19.6. The zero-order valence-electron chi connectivity index (χ0n) is 14.5. The van der Waals surface area contributed by atoms with Crippen molar-refractivity contribution >= 4 is 50.7 Å². The number of hydrogen-bond donors (Lipinski definition) is 5. The van der Waals surface area contributed by atoms with Crippen molar-refractivity contribution in [1.82, 2.24) is 30.4 Å². The molecular formula is C15H14ClN7O4S2. The van der Waals surface area contributed by atoms with Crippen LogP contribution in [0.2, 0.25) is 5.02 Å². The number of nitrogens with one attached hydrogen (secondary N) is 4. The van der Waals surface area contributed by atoms with Crippen molar-refractivity contribution in [3.8, 4) is 10.7 Å². The zero-order valence-corrected chi connectivity index (χ0v) is 16.9. The van der Waals surface area contributed by atoms with Gasteiger partial charge in [-0.3, -0.25) is 5.10 Å². The third-order valence-electron chi connectivity index (χ3n) is 3.96. The van der Waals surface area contributed by atoms with Crippen molar-refractivity contribution in [3.05, 3.63) is 35.1 Å². The second kappa shape index (κ2) is 7.59. The van der Waals surface area contributed by atoms with Gasteiger partial charge in [0.2, 0.25) is 0 Å². The fraction of sp³-hybridized carbons (Fsp3) is 0.200. The molecule has 0 bridgehead atoms. The first-order chi connectivity index (χ1) is 13.8. The van der Waals surface area contributed by atoms with E-state index in [0.717, 1.165) is 29.9 Å². The number of hydrogen-bond acceptors (Lipinski definition) is 8. The van der Waals surface area contributed by atoms with E-state index in [1.165, 1.54) is 18.3 Å². The standard InChI is InChI=1S/C15H14ClN7O4S2/c16-8-6-17-14(10-3-4-12(28-10)29(26,27)23-22-15(24)25)19-13(8)18-11-5-9(20-21-11)7-1-2-7/h3-7,22-23H,1-2H2,(H,24,25)(H2,17,18,19,20,21). The van der Waals surface area contributed by atoms with E-state index in [1.807, 2.05) is 6.07 Å².